The summed E-state index contributed by atoms with van der Waals surface area (Å²) in [6.07, 6.45) is 0.149. The maximum absolute atomic E-state index is 12.1. The fourth-order valence-corrected chi connectivity index (χ4v) is 3.20. The first-order valence-corrected chi connectivity index (χ1v) is 10.2. The van der Waals surface area contributed by atoms with Gasteiger partial charge in [-0.3, -0.25) is 14.7 Å². The Morgan fingerprint density at radius 2 is 1.93 bits per heavy atom. The van der Waals surface area contributed by atoms with Crippen LogP contribution >= 0.6 is 35.6 Å². The van der Waals surface area contributed by atoms with Crippen molar-refractivity contribution in [1.82, 2.24) is 20.9 Å². The number of nitrogens with zero attached hydrogens (tertiary/aromatic N) is 2. The molecule has 1 aromatic rings. The van der Waals surface area contributed by atoms with Crippen molar-refractivity contribution in [3.63, 3.8) is 0 Å². The lowest BCUT2D eigenvalue weighted by Crippen LogP contribution is -2.50. The van der Waals surface area contributed by atoms with Gasteiger partial charge in [-0.1, -0.05) is 25.4 Å². The van der Waals surface area contributed by atoms with Crippen molar-refractivity contribution < 1.29 is 9.53 Å². The molecule has 7 nitrogen and oxygen atoms in total. The van der Waals surface area contributed by atoms with Crippen LogP contribution in [-0.2, 0) is 4.74 Å². The predicted octanol–water partition coefficient (Wildman–Crippen LogP) is 2.21. The van der Waals surface area contributed by atoms with Crippen LogP contribution in [0.4, 0.5) is 0 Å². The monoisotopic (exact) mass is 537 g/mol. The van der Waals surface area contributed by atoms with E-state index in [1.165, 1.54) is 0 Å². The van der Waals surface area contributed by atoms with Gasteiger partial charge in [0, 0.05) is 56.9 Å². The van der Waals surface area contributed by atoms with Crippen molar-refractivity contribution in [1.29, 1.82) is 0 Å². The van der Waals surface area contributed by atoms with Crippen molar-refractivity contribution in [2.24, 2.45) is 10.9 Å². The predicted molar refractivity (Wildman–Crippen MR) is 130 cm³/mol. The number of amides is 1. The molecule has 164 valence electrons. The number of benzene rings is 1. The number of hydrogen-bond acceptors (Lipinski definition) is 4. The topological polar surface area (TPSA) is 78.0 Å². The van der Waals surface area contributed by atoms with Crippen LogP contribution in [-0.4, -0.2) is 75.8 Å². The molecule has 0 spiro atoms. The first-order valence-electron chi connectivity index (χ1n) is 9.80. The van der Waals surface area contributed by atoms with Crippen LogP contribution in [0, 0.1) is 5.92 Å². The number of ether oxygens (including phenoxy) is 1. The fraction of sp³-hybridized carbons (Fsp3) is 0.600. The number of guanidine groups is 1. The lowest BCUT2D eigenvalue weighted by atomic mass is 10.2. The molecule has 9 heteroatoms. The average Bonchev–Trinajstić information content (AvgIpc) is 2.67. The van der Waals surface area contributed by atoms with Gasteiger partial charge in [-0.25, -0.2) is 0 Å². The van der Waals surface area contributed by atoms with Gasteiger partial charge in [0.1, 0.15) is 0 Å². The Morgan fingerprint density at radius 1 is 1.24 bits per heavy atom. The van der Waals surface area contributed by atoms with E-state index in [2.05, 4.69) is 39.7 Å². The third-order valence-electron chi connectivity index (χ3n) is 4.38. The summed E-state index contributed by atoms with van der Waals surface area (Å²) in [6, 6.07) is 6.82. The highest BCUT2D eigenvalue weighted by molar-refractivity contribution is 14.0. The molecule has 1 atom stereocenters. The molecule has 3 N–H and O–H groups in total. The van der Waals surface area contributed by atoms with E-state index in [-0.39, 0.29) is 36.0 Å². The molecule has 0 bridgehead atoms. The lowest BCUT2D eigenvalue weighted by Gasteiger charge is -2.34. The van der Waals surface area contributed by atoms with Gasteiger partial charge in [-0.05, 0) is 30.2 Å². The van der Waals surface area contributed by atoms with Gasteiger partial charge in [-0.2, -0.15) is 0 Å². The van der Waals surface area contributed by atoms with Crippen LogP contribution in [0.15, 0.2) is 29.3 Å². The van der Waals surface area contributed by atoms with Gasteiger partial charge in [0.05, 0.1) is 12.7 Å². The third kappa shape index (κ3) is 9.97. The number of carbonyl (C=O) groups is 1. The fourth-order valence-electron chi connectivity index (χ4n) is 3.08. The molecule has 29 heavy (non-hydrogen) atoms. The minimum atomic E-state index is -0.123. The molecule has 0 aliphatic carbocycles. The first-order chi connectivity index (χ1) is 13.5. The number of nitrogens with one attached hydrogen (secondary N) is 3. The first kappa shape index (κ1) is 25.9. The van der Waals surface area contributed by atoms with E-state index in [1.54, 1.807) is 31.3 Å². The molecule has 0 radical (unpaired) electrons. The molecule has 1 amide bonds. The highest BCUT2D eigenvalue weighted by atomic mass is 127. The van der Waals surface area contributed by atoms with Crippen LogP contribution < -0.4 is 16.0 Å². The Labute approximate surface area is 196 Å². The van der Waals surface area contributed by atoms with Crippen molar-refractivity contribution in [2.45, 2.75) is 20.0 Å². The SMILES string of the molecule is CN=C(NCCNC(=O)c1ccc(Cl)cc1)NCC1CN(CC(C)C)CCO1.I. The second-order valence-electron chi connectivity index (χ2n) is 7.29. The molecule has 2 rings (SSSR count). The molecule has 0 aromatic heterocycles. The van der Waals surface area contributed by atoms with Crippen molar-refractivity contribution >= 4 is 47.4 Å². The van der Waals surface area contributed by atoms with Gasteiger partial charge in [0.2, 0.25) is 0 Å². The van der Waals surface area contributed by atoms with E-state index in [4.69, 9.17) is 16.3 Å². The summed E-state index contributed by atoms with van der Waals surface area (Å²) in [6.45, 7) is 10.0. The van der Waals surface area contributed by atoms with E-state index in [1.807, 2.05) is 0 Å². The van der Waals surface area contributed by atoms with Crippen LogP contribution in [0.25, 0.3) is 0 Å². The number of halogens is 2. The minimum Gasteiger partial charge on any atom is -0.374 e. The van der Waals surface area contributed by atoms with E-state index in [9.17, 15) is 4.79 Å². The smallest absolute Gasteiger partial charge is 0.251 e. The summed E-state index contributed by atoms with van der Waals surface area (Å²) < 4.78 is 5.85. The van der Waals surface area contributed by atoms with Gasteiger partial charge < -0.3 is 20.7 Å². The molecule has 1 fully saturated rings. The van der Waals surface area contributed by atoms with Crippen LogP contribution in [0.5, 0.6) is 0 Å². The highest BCUT2D eigenvalue weighted by Gasteiger charge is 2.21. The molecular weight excluding hydrogens is 505 g/mol. The Hall–Kier alpha value is -1.10. The number of rotatable bonds is 8. The summed E-state index contributed by atoms with van der Waals surface area (Å²) in [4.78, 5) is 18.7. The molecule has 1 unspecified atom stereocenters. The Kier molecular flexibility index (Phi) is 12.5. The summed E-state index contributed by atoms with van der Waals surface area (Å²) in [5, 5.41) is 9.98. The van der Waals surface area contributed by atoms with Gasteiger partial charge >= 0.3 is 0 Å². The number of aliphatic imine (C=N–C) groups is 1. The molecular formula is C20H33ClIN5O2. The number of hydrogen-bond donors (Lipinski definition) is 3. The van der Waals surface area contributed by atoms with Crippen molar-refractivity contribution in [3.8, 4) is 0 Å². The van der Waals surface area contributed by atoms with E-state index in [0.717, 1.165) is 26.2 Å². The molecule has 1 aliphatic heterocycles. The van der Waals surface area contributed by atoms with Crippen LogP contribution in [0.1, 0.15) is 24.2 Å². The Balaban J connectivity index is 0.00000420. The quantitative estimate of drug-likeness (QED) is 0.205. The summed E-state index contributed by atoms with van der Waals surface area (Å²) >= 11 is 5.84. The normalized spacial score (nSPS) is 17.6. The minimum absolute atomic E-state index is 0. The average molecular weight is 538 g/mol. The zero-order valence-corrected chi connectivity index (χ0v) is 20.5. The van der Waals surface area contributed by atoms with E-state index in [0.29, 0.717) is 42.1 Å². The highest BCUT2D eigenvalue weighted by Crippen LogP contribution is 2.09. The maximum atomic E-state index is 12.1. The number of carbonyl (C=O) groups excluding carboxylic acids is 1. The Morgan fingerprint density at radius 3 is 2.59 bits per heavy atom. The molecule has 1 heterocycles. The Bertz CT molecular complexity index is 642. The molecule has 0 saturated carbocycles. The maximum Gasteiger partial charge on any atom is 0.251 e. The molecule has 1 aromatic carbocycles. The van der Waals surface area contributed by atoms with E-state index >= 15 is 0 Å². The zero-order valence-electron chi connectivity index (χ0n) is 17.4. The van der Waals surface area contributed by atoms with Crippen molar-refractivity contribution in [3.05, 3.63) is 34.9 Å². The number of morpholine rings is 1. The summed E-state index contributed by atoms with van der Waals surface area (Å²) in [5.74, 6) is 1.23. The van der Waals surface area contributed by atoms with Gasteiger partial charge in [-0.15, -0.1) is 24.0 Å². The van der Waals surface area contributed by atoms with Gasteiger partial charge in [0.15, 0.2) is 5.96 Å². The van der Waals surface area contributed by atoms with Crippen LogP contribution in [0.2, 0.25) is 5.02 Å². The second-order valence-corrected chi connectivity index (χ2v) is 7.73. The second kappa shape index (κ2) is 14.0. The molecule has 1 saturated heterocycles. The van der Waals surface area contributed by atoms with Crippen LogP contribution in [0.3, 0.4) is 0 Å². The largest absolute Gasteiger partial charge is 0.374 e. The van der Waals surface area contributed by atoms with Gasteiger partial charge in [0.25, 0.3) is 5.91 Å². The molecule has 1 aliphatic rings. The third-order valence-corrected chi connectivity index (χ3v) is 4.63. The lowest BCUT2D eigenvalue weighted by molar-refractivity contribution is -0.0284. The van der Waals surface area contributed by atoms with E-state index < -0.39 is 0 Å². The van der Waals surface area contributed by atoms with Crippen molar-refractivity contribution in [2.75, 3.05) is 52.9 Å². The summed E-state index contributed by atoms with van der Waals surface area (Å²) in [5.41, 5.74) is 0.590. The summed E-state index contributed by atoms with van der Waals surface area (Å²) in [7, 11) is 1.73. The zero-order chi connectivity index (χ0) is 20.4. The standard InChI is InChI=1S/C20H32ClN5O2.HI/c1-15(2)13-26-10-11-28-18(14-26)12-25-20(22-3)24-9-8-23-19(27)16-4-6-17(21)7-5-16;/h4-7,15,18H,8-14H2,1-3H3,(H,23,27)(H2,22,24,25);1H.